The Balaban J connectivity index is 3.62. The molecule has 2 heteroatoms. The summed E-state index contributed by atoms with van der Waals surface area (Å²) in [6.45, 7) is 8.11. The molecule has 0 rings (SSSR count). The SMILES string of the molecule is C[Si]OC(C)=C(C)C. The molecule has 0 heterocycles. The van der Waals surface area contributed by atoms with Crippen molar-refractivity contribution in [2.75, 3.05) is 0 Å². The van der Waals surface area contributed by atoms with Gasteiger partial charge in [0.15, 0.2) is 0 Å². The molecule has 0 aliphatic carbocycles. The summed E-state index contributed by atoms with van der Waals surface area (Å²) in [5.41, 5.74) is 1.26. The number of hydrogen-bond donors (Lipinski definition) is 0. The largest absolute Gasteiger partial charge is 0.545 e. The molecular formula is C6H12OSi. The van der Waals surface area contributed by atoms with E-state index in [0.29, 0.717) is 9.76 Å². The normalized spacial score (nSPS) is 8.50. The van der Waals surface area contributed by atoms with E-state index >= 15 is 0 Å². The highest BCUT2D eigenvalue weighted by Gasteiger charge is 1.88. The summed E-state index contributed by atoms with van der Waals surface area (Å²) in [4.78, 5) is 0. The summed E-state index contributed by atoms with van der Waals surface area (Å²) < 4.78 is 5.21. The molecule has 0 spiro atoms. The minimum atomic E-state index is 0.573. The lowest BCUT2D eigenvalue weighted by Gasteiger charge is -2.02. The van der Waals surface area contributed by atoms with Gasteiger partial charge in [-0.1, -0.05) is 0 Å². The third-order valence-corrected chi connectivity index (χ3v) is 1.47. The first-order valence-electron chi connectivity index (χ1n) is 2.66. The van der Waals surface area contributed by atoms with Crippen LogP contribution >= 0.6 is 0 Å². The van der Waals surface area contributed by atoms with Crippen molar-refractivity contribution in [3.8, 4) is 0 Å². The van der Waals surface area contributed by atoms with E-state index < -0.39 is 0 Å². The molecule has 0 fully saturated rings. The third kappa shape index (κ3) is 2.85. The van der Waals surface area contributed by atoms with E-state index in [0.717, 1.165) is 5.76 Å². The third-order valence-electron chi connectivity index (χ3n) is 0.959. The van der Waals surface area contributed by atoms with E-state index in [9.17, 15) is 0 Å². The van der Waals surface area contributed by atoms with Gasteiger partial charge in [-0.2, -0.15) is 0 Å². The quantitative estimate of drug-likeness (QED) is 0.408. The van der Waals surface area contributed by atoms with Crippen LogP contribution in [0.3, 0.4) is 0 Å². The number of hydrogen-bond acceptors (Lipinski definition) is 1. The van der Waals surface area contributed by atoms with Crippen molar-refractivity contribution in [1.29, 1.82) is 0 Å². The zero-order valence-corrected chi connectivity index (χ0v) is 6.91. The first kappa shape index (κ1) is 7.76. The van der Waals surface area contributed by atoms with Crippen molar-refractivity contribution >= 4 is 9.76 Å². The van der Waals surface area contributed by atoms with Gasteiger partial charge in [0.25, 0.3) is 0 Å². The topological polar surface area (TPSA) is 9.23 Å². The van der Waals surface area contributed by atoms with E-state index in [4.69, 9.17) is 4.43 Å². The fourth-order valence-corrected chi connectivity index (χ4v) is 0.765. The van der Waals surface area contributed by atoms with Crippen LogP contribution in [0.1, 0.15) is 20.8 Å². The van der Waals surface area contributed by atoms with Crippen molar-refractivity contribution in [1.82, 2.24) is 0 Å². The Kier molecular flexibility index (Phi) is 3.61. The molecule has 0 unspecified atom stereocenters. The van der Waals surface area contributed by atoms with E-state index in [1.165, 1.54) is 5.57 Å². The van der Waals surface area contributed by atoms with E-state index in [1.807, 2.05) is 13.5 Å². The standard InChI is InChI=1S/C6H12OSi/c1-5(2)6(3)7-8-4/h1-4H3. The number of allylic oxidation sites excluding steroid dienone is 2. The molecule has 0 aromatic heterocycles. The molecule has 0 aromatic rings. The van der Waals surface area contributed by atoms with E-state index in [-0.39, 0.29) is 0 Å². The lowest BCUT2D eigenvalue weighted by atomic mass is 10.3. The fraction of sp³-hybridized carbons (Fsp3) is 0.667. The van der Waals surface area contributed by atoms with Gasteiger partial charge >= 0.3 is 9.76 Å². The lowest BCUT2D eigenvalue weighted by Crippen LogP contribution is -1.91. The molecule has 0 amide bonds. The monoisotopic (exact) mass is 128 g/mol. The van der Waals surface area contributed by atoms with Gasteiger partial charge in [0, 0.05) is 0 Å². The second-order valence-corrected chi connectivity index (χ2v) is 2.47. The van der Waals surface area contributed by atoms with Gasteiger partial charge in [0.1, 0.15) is 0 Å². The smallest absolute Gasteiger partial charge is 0.306 e. The van der Waals surface area contributed by atoms with Crippen LogP contribution in [0.5, 0.6) is 0 Å². The van der Waals surface area contributed by atoms with E-state index in [1.54, 1.807) is 0 Å². The molecule has 0 aromatic carbocycles. The molecule has 0 atom stereocenters. The van der Waals surface area contributed by atoms with Crippen LogP contribution in [0.25, 0.3) is 0 Å². The second-order valence-electron chi connectivity index (χ2n) is 1.86. The summed E-state index contributed by atoms with van der Waals surface area (Å²) in [6.07, 6.45) is 0. The van der Waals surface area contributed by atoms with Gasteiger partial charge in [-0.05, 0) is 32.9 Å². The predicted molar refractivity (Wildman–Crippen MR) is 36.8 cm³/mol. The van der Waals surface area contributed by atoms with Gasteiger partial charge in [-0.25, -0.2) is 0 Å². The first-order valence-corrected chi connectivity index (χ1v) is 4.07. The van der Waals surface area contributed by atoms with Crippen LogP contribution in [0.15, 0.2) is 11.3 Å². The van der Waals surface area contributed by atoms with Crippen LogP contribution in [-0.4, -0.2) is 9.76 Å². The zero-order valence-electron chi connectivity index (χ0n) is 5.91. The van der Waals surface area contributed by atoms with Gasteiger partial charge in [0.05, 0.1) is 5.76 Å². The molecule has 0 bridgehead atoms. The van der Waals surface area contributed by atoms with Crippen molar-refractivity contribution < 1.29 is 4.43 Å². The van der Waals surface area contributed by atoms with Crippen molar-refractivity contribution in [2.24, 2.45) is 0 Å². The van der Waals surface area contributed by atoms with Gasteiger partial charge in [-0.15, -0.1) is 0 Å². The highest BCUT2D eigenvalue weighted by Crippen LogP contribution is 2.00. The average molecular weight is 128 g/mol. The number of rotatable bonds is 2. The molecule has 8 heavy (non-hydrogen) atoms. The maximum Gasteiger partial charge on any atom is 0.306 e. The minimum Gasteiger partial charge on any atom is -0.545 e. The van der Waals surface area contributed by atoms with Crippen LogP contribution in [0.2, 0.25) is 6.55 Å². The molecule has 0 saturated heterocycles. The summed E-state index contributed by atoms with van der Waals surface area (Å²) in [5.74, 6) is 1.06. The molecule has 0 N–H and O–H groups in total. The Morgan fingerprint density at radius 1 is 1.25 bits per heavy atom. The van der Waals surface area contributed by atoms with Crippen molar-refractivity contribution in [2.45, 2.75) is 27.3 Å². The molecule has 2 radical (unpaired) electrons. The molecule has 0 saturated carbocycles. The summed E-state index contributed by atoms with van der Waals surface area (Å²) in [5, 5.41) is 0. The maximum atomic E-state index is 5.21. The fourth-order valence-electron chi connectivity index (χ4n) is 0.255. The maximum absolute atomic E-state index is 5.21. The van der Waals surface area contributed by atoms with Gasteiger partial charge in [-0.3, -0.25) is 0 Å². The highest BCUT2D eigenvalue weighted by atomic mass is 28.2. The van der Waals surface area contributed by atoms with Gasteiger partial charge < -0.3 is 4.43 Å². The van der Waals surface area contributed by atoms with Crippen LogP contribution in [0, 0.1) is 0 Å². The molecule has 0 aliphatic rings. The van der Waals surface area contributed by atoms with Crippen molar-refractivity contribution in [3.63, 3.8) is 0 Å². The Bertz CT molecular complexity index is 92.7. The Morgan fingerprint density at radius 3 is 1.88 bits per heavy atom. The average Bonchev–Trinajstić information content (AvgIpc) is 1.67. The van der Waals surface area contributed by atoms with Crippen LogP contribution < -0.4 is 0 Å². The highest BCUT2D eigenvalue weighted by molar-refractivity contribution is 6.25. The van der Waals surface area contributed by atoms with Crippen molar-refractivity contribution in [3.05, 3.63) is 11.3 Å². The Labute approximate surface area is 53.7 Å². The molecular weight excluding hydrogens is 116 g/mol. The summed E-state index contributed by atoms with van der Waals surface area (Å²) in [6, 6.07) is 0. The van der Waals surface area contributed by atoms with Crippen LogP contribution in [-0.2, 0) is 4.43 Å². The minimum absolute atomic E-state index is 0.573. The zero-order chi connectivity index (χ0) is 6.57. The van der Waals surface area contributed by atoms with E-state index in [2.05, 4.69) is 13.8 Å². The van der Waals surface area contributed by atoms with Crippen LogP contribution in [0.4, 0.5) is 0 Å². The molecule has 1 nitrogen and oxygen atoms in total. The summed E-state index contributed by atoms with van der Waals surface area (Å²) in [7, 11) is 0.573. The Morgan fingerprint density at radius 2 is 1.75 bits per heavy atom. The molecule has 46 valence electrons. The first-order chi connectivity index (χ1) is 3.68. The van der Waals surface area contributed by atoms with Gasteiger partial charge in [0.2, 0.25) is 0 Å². The second kappa shape index (κ2) is 3.72. The Hall–Kier alpha value is -0.243. The molecule has 0 aliphatic heterocycles. The predicted octanol–water partition coefficient (Wildman–Crippen LogP) is 1.98. The summed E-state index contributed by atoms with van der Waals surface area (Å²) >= 11 is 0. The lowest BCUT2D eigenvalue weighted by molar-refractivity contribution is 0.452.